The number of carbonyl (C=O) groups is 1. The second-order valence-electron chi connectivity index (χ2n) is 6.15. The quantitative estimate of drug-likeness (QED) is 0.776. The van der Waals surface area contributed by atoms with E-state index in [-0.39, 0.29) is 5.91 Å². The van der Waals surface area contributed by atoms with E-state index in [4.69, 9.17) is 4.74 Å². The molecule has 1 aliphatic heterocycles. The molecule has 0 bridgehead atoms. The smallest absolute Gasteiger partial charge is 0.251 e. The fraction of sp³-hybridized carbons (Fsp3) is 0.263. The molecule has 0 saturated carbocycles. The number of fused-ring (bicyclic) bond motifs is 1. The van der Waals surface area contributed by atoms with Crippen molar-refractivity contribution in [2.75, 3.05) is 19.8 Å². The number of H-pyrrole nitrogens is 1. The van der Waals surface area contributed by atoms with Crippen LogP contribution < -0.4 is 5.32 Å². The van der Waals surface area contributed by atoms with Gasteiger partial charge in [0.05, 0.1) is 24.0 Å². The molecule has 24 heavy (non-hydrogen) atoms. The van der Waals surface area contributed by atoms with Gasteiger partial charge in [0, 0.05) is 24.6 Å². The summed E-state index contributed by atoms with van der Waals surface area (Å²) in [6, 6.07) is 13.8. The maximum atomic E-state index is 12.2. The molecule has 1 aromatic heterocycles. The van der Waals surface area contributed by atoms with Crippen molar-refractivity contribution in [1.82, 2.24) is 15.3 Å². The van der Waals surface area contributed by atoms with Crippen molar-refractivity contribution >= 4 is 16.9 Å². The van der Waals surface area contributed by atoms with Crippen LogP contribution in [0.15, 0.2) is 48.8 Å². The van der Waals surface area contributed by atoms with Gasteiger partial charge < -0.3 is 15.0 Å². The summed E-state index contributed by atoms with van der Waals surface area (Å²) in [4.78, 5) is 19.6. The Labute approximate surface area is 140 Å². The molecule has 1 aliphatic rings. The fourth-order valence-corrected chi connectivity index (χ4v) is 3.01. The number of aromatic nitrogens is 2. The number of imidazole rings is 1. The van der Waals surface area contributed by atoms with Crippen molar-refractivity contribution in [2.24, 2.45) is 5.92 Å². The molecule has 1 atom stereocenters. The molecule has 0 unspecified atom stereocenters. The number of amides is 1. The molecule has 5 heteroatoms. The fourth-order valence-electron chi connectivity index (χ4n) is 3.01. The SMILES string of the molecule is O=C(NC[C@@H]1CCOC1)c1ccc(-c2ccc3nc[nH]c3c2)cc1. The molecule has 2 N–H and O–H groups in total. The molecule has 1 saturated heterocycles. The summed E-state index contributed by atoms with van der Waals surface area (Å²) in [5, 5.41) is 2.99. The van der Waals surface area contributed by atoms with Crippen LogP contribution in [0.4, 0.5) is 0 Å². The van der Waals surface area contributed by atoms with E-state index in [2.05, 4.69) is 21.4 Å². The van der Waals surface area contributed by atoms with Crippen molar-refractivity contribution in [1.29, 1.82) is 0 Å². The van der Waals surface area contributed by atoms with Crippen LogP contribution >= 0.6 is 0 Å². The van der Waals surface area contributed by atoms with Crippen molar-refractivity contribution in [2.45, 2.75) is 6.42 Å². The van der Waals surface area contributed by atoms with Crippen LogP contribution in [-0.4, -0.2) is 35.6 Å². The average molecular weight is 321 g/mol. The Balaban J connectivity index is 1.46. The van der Waals surface area contributed by atoms with Gasteiger partial charge in [0.15, 0.2) is 0 Å². The van der Waals surface area contributed by atoms with Gasteiger partial charge in [0.25, 0.3) is 5.91 Å². The van der Waals surface area contributed by atoms with E-state index in [1.165, 1.54) is 0 Å². The van der Waals surface area contributed by atoms with E-state index < -0.39 is 0 Å². The Morgan fingerprint density at radius 1 is 1.21 bits per heavy atom. The first-order valence-corrected chi connectivity index (χ1v) is 8.19. The van der Waals surface area contributed by atoms with Crippen LogP contribution in [0.3, 0.4) is 0 Å². The monoisotopic (exact) mass is 321 g/mol. The van der Waals surface area contributed by atoms with Crippen molar-refractivity contribution in [3.05, 3.63) is 54.4 Å². The van der Waals surface area contributed by atoms with E-state index in [1.54, 1.807) is 6.33 Å². The number of ether oxygens (including phenoxy) is 1. The number of rotatable bonds is 4. The van der Waals surface area contributed by atoms with Crippen LogP contribution in [0.1, 0.15) is 16.8 Å². The lowest BCUT2D eigenvalue weighted by molar-refractivity contribution is 0.0945. The highest BCUT2D eigenvalue weighted by atomic mass is 16.5. The highest BCUT2D eigenvalue weighted by molar-refractivity contribution is 5.94. The van der Waals surface area contributed by atoms with Gasteiger partial charge in [-0.2, -0.15) is 0 Å². The second kappa shape index (κ2) is 6.45. The number of carbonyl (C=O) groups excluding carboxylic acids is 1. The van der Waals surface area contributed by atoms with Gasteiger partial charge in [0.1, 0.15) is 0 Å². The molecular formula is C19H19N3O2. The number of hydrogen-bond donors (Lipinski definition) is 2. The van der Waals surface area contributed by atoms with Gasteiger partial charge in [-0.25, -0.2) is 4.98 Å². The molecule has 1 fully saturated rings. The second-order valence-corrected chi connectivity index (χ2v) is 6.15. The molecule has 0 radical (unpaired) electrons. The van der Waals surface area contributed by atoms with Crippen LogP contribution in [-0.2, 0) is 4.74 Å². The normalized spacial score (nSPS) is 17.2. The summed E-state index contributed by atoms with van der Waals surface area (Å²) in [5.41, 5.74) is 4.81. The zero-order valence-corrected chi connectivity index (χ0v) is 13.3. The summed E-state index contributed by atoms with van der Waals surface area (Å²) in [7, 11) is 0. The number of nitrogens with one attached hydrogen (secondary N) is 2. The summed E-state index contributed by atoms with van der Waals surface area (Å²) < 4.78 is 5.33. The predicted molar refractivity (Wildman–Crippen MR) is 92.8 cm³/mol. The highest BCUT2D eigenvalue weighted by Crippen LogP contribution is 2.23. The third-order valence-electron chi connectivity index (χ3n) is 4.48. The van der Waals surface area contributed by atoms with Crippen molar-refractivity contribution < 1.29 is 9.53 Å². The Morgan fingerprint density at radius 3 is 2.83 bits per heavy atom. The maximum Gasteiger partial charge on any atom is 0.251 e. The van der Waals surface area contributed by atoms with Gasteiger partial charge >= 0.3 is 0 Å². The Kier molecular flexibility index (Phi) is 4.01. The molecule has 122 valence electrons. The summed E-state index contributed by atoms with van der Waals surface area (Å²) in [6.45, 7) is 2.22. The number of hydrogen-bond acceptors (Lipinski definition) is 3. The maximum absolute atomic E-state index is 12.2. The van der Waals surface area contributed by atoms with Crippen LogP contribution in [0, 0.1) is 5.92 Å². The first-order chi connectivity index (χ1) is 11.8. The van der Waals surface area contributed by atoms with E-state index in [0.717, 1.165) is 41.8 Å². The summed E-state index contributed by atoms with van der Waals surface area (Å²) in [6.07, 6.45) is 2.71. The highest BCUT2D eigenvalue weighted by Gasteiger charge is 2.16. The van der Waals surface area contributed by atoms with Gasteiger partial charge in [-0.05, 0) is 41.8 Å². The molecule has 4 rings (SSSR count). The summed E-state index contributed by atoms with van der Waals surface area (Å²) in [5.74, 6) is 0.409. The molecule has 5 nitrogen and oxygen atoms in total. The zero-order chi connectivity index (χ0) is 16.4. The lowest BCUT2D eigenvalue weighted by Gasteiger charge is -2.10. The molecular weight excluding hydrogens is 302 g/mol. The minimum absolute atomic E-state index is 0.0301. The number of aromatic amines is 1. The van der Waals surface area contributed by atoms with Crippen molar-refractivity contribution in [3.8, 4) is 11.1 Å². The topological polar surface area (TPSA) is 67.0 Å². The number of nitrogens with zero attached hydrogens (tertiary/aromatic N) is 1. The molecule has 0 spiro atoms. The number of benzene rings is 2. The third-order valence-corrected chi connectivity index (χ3v) is 4.48. The lowest BCUT2D eigenvalue weighted by Crippen LogP contribution is -2.29. The largest absolute Gasteiger partial charge is 0.381 e. The predicted octanol–water partition coefficient (Wildman–Crippen LogP) is 3.00. The molecule has 0 aliphatic carbocycles. The molecule has 3 aromatic rings. The van der Waals surface area contributed by atoms with Gasteiger partial charge in [0.2, 0.25) is 0 Å². The van der Waals surface area contributed by atoms with Crippen molar-refractivity contribution in [3.63, 3.8) is 0 Å². The minimum Gasteiger partial charge on any atom is -0.381 e. The lowest BCUT2D eigenvalue weighted by atomic mass is 10.0. The van der Waals surface area contributed by atoms with Gasteiger partial charge in [-0.3, -0.25) is 4.79 Å². The van der Waals surface area contributed by atoms with Crippen LogP contribution in [0.5, 0.6) is 0 Å². The zero-order valence-electron chi connectivity index (χ0n) is 13.3. The van der Waals surface area contributed by atoms with Gasteiger partial charge in [-0.1, -0.05) is 18.2 Å². The first kappa shape index (κ1) is 14.9. The third kappa shape index (κ3) is 3.03. The minimum atomic E-state index is -0.0301. The Bertz CT molecular complexity index is 848. The standard InChI is InChI=1S/C19H19N3O2/c23-19(20-10-13-7-8-24-11-13)15-3-1-14(2-4-15)16-5-6-17-18(9-16)22-12-21-17/h1-6,9,12-13H,7-8,10-11H2,(H,20,23)(H,21,22)/t13-/m0/s1. The Morgan fingerprint density at radius 2 is 2.04 bits per heavy atom. The molecule has 1 amide bonds. The van der Waals surface area contributed by atoms with E-state index in [0.29, 0.717) is 18.0 Å². The summed E-state index contributed by atoms with van der Waals surface area (Å²) >= 11 is 0. The first-order valence-electron chi connectivity index (χ1n) is 8.19. The molecule has 2 aromatic carbocycles. The van der Waals surface area contributed by atoms with Crippen LogP contribution in [0.25, 0.3) is 22.2 Å². The van der Waals surface area contributed by atoms with Crippen LogP contribution in [0.2, 0.25) is 0 Å². The van der Waals surface area contributed by atoms with E-state index in [1.807, 2.05) is 36.4 Å². The molecule has 2 heterocycles. The van der Waals surface area contributed by atoms with E-state index >= 15 is 0 Å². The van der Waals surface area contributed by atoms with Gasteiger partial charge in [-0.15, -0.1) is 0 Å². The average Bonchev–Trinajstić information content (AvgIpc) is 3.30. The van der Waals surface area contributed by atoms with E-state index in [9.17, 15) is 4.79 Å². The Hall–Kier alpha value is -2.66.